The van der Waals surface area contributed by atoms with Crippen molar-refractivity contribution in [1.29, 1.82) is 0 Å². The van der Waals surface area contributed by atoms with Crippen LogP contribution in [0.4, 0.5) is 0 Å². The molecule has 2 N–H and O–H groups in total. The first-order chi connectivity index (χ1) is 11.0. The van der Waals surface area contributed by atoms with Gasteiger partial charge >= 0.3 is 0 Å². The van der Waals surface area contributed by atoms with E-state index in [1.165, 1.54) is 25.7 Å². The summed E-state index contributed by atoms with van der Waals surface area (Å²) in [4.78, 5) is 17.2. The Morgan fingerprint density at radius 2 is 1.84 bits per heavy atom. The Morgan fingerprint density at radius 1 is 1.20 bits per heavy atom. The van der Waals surface area contributed by atoms with E-state index in [-0.39, 0.29) is 30.9 Å². The predicted octanol–water partition coefficient (Wildman–Crippen LogP) is 2.05. The summed E-state index contributed by atoms with van der Waals surface area (Å²) in [5.41, 5.74) is 0. The molecular formula is C18H35Cl2N3O2. The Morgan fingerprint density at radius 3 is 2.40 bits per heavy atom. The number of carbonyl (C=O) groups is 1. The lowest BCUT2D eigenvalue weighted by atomic mass is 9.89. The van der Waals surface area contributed by atoms with E-state index in [2.05, 4.69) is 22.0 Å². The molecule has 0 aromatic heterocycles. The standard InChI is InChI=1S/C18H33N3O2.2ClH/c1-3-17-12-21(7-6-20(17)11-13(2)22)18(23)10-14-8-15-4-5-16(9-14)19-15;;/h13-17,19,22H,3-12H2,1-2H3;2*1H. The Kier molecular flexibility index (Phi) is 9.47. The maximum Gasteiger partial charge on any atom is 0.222 e. The number of amides is 1. The highest BCUT2D eigenvalue weighted by atomic mass is 35.5. The molecule has 0 spiro atoms. The Bertz CT molecular complexity index is 413. The van der Waals surface area contributed by atoms with E-state index in [1.54, 1.807) is 0 Å². The van der Waals surface area contributed by atoms with Crippen LogP contribution in [0.15, 0.2) is 0 Å². The molecule has 3 aliphatic rings. The first-order valence-electron chi connectivity index (χ1n) is 9.51. The van der Waals surface area contributed by atoms with Crippen LogP contribution in [-0.4, -0.2) is 71.2 Å². The second-order valence-corrected chi connectivity index (χ2v) is 7.93. The average Bonchev–Trinajstić information content (AvgIpc) is 2.85. The second-order valence-electron chi connectivity index (χ2n) is 7.93. The number of halogens is 2. The topological polar surface area (TPSA) is 55.8 Å². The minimum atomic E-state index is -0.295. The van der Waals surface area contributed by atoms with Gasteiger partial charge in [0.2, 0.25) is 5.91 Å². The van der Waals surface area contributed by atoms with Gasteiger partial charge in [0.1, 0.15) is 0 Å². The van der Waals surface area contributed by atoms with Gasteiger partial charge in [-0.05, 0) is 44.9 Å². The molecule has 25 heavy (non-hydrogen) atoms. The third kappa shape index (κ3) is 5.96. The molecule has 0 aromatic carbocycles. The maximum absolute atomic E-state index is 12.7. The van der Waals surface area contributed by atoms with Crippen molar-refractivity contribution in [1.82, 2.24) is 15.1 Å². The van der Waals surface area contributed by atoms with Crippen LogP contribution in [0.2, 0.25) is 0 Å². The summed E-state index contributed by atoms with van der Waals surface area (Å²) in [6.07, 6.45) is 6.44. The van der Waals surface area contributed by atoms with Gasteiger partial charge in [-0.3, -0.25) is 9.69 Å². The molecule has 2 bridgehead atoms. The summed E-state index contributed by atoms with van der Waals surface area (Å²) >= 11 is 0. The van der Waals surface area contributed by atoms with Gasteiger partial charge in [0.15, 0.2) is 0 Å². The fourth-order valence-electron chi connectivity index (χ4n) is 4.80. The van der Waals surface area contributed by atoms with Crippen LogP contribution in [0, 0.1) is 5.92 Å². The molecule has 3 heterocycles. The molecule has 5 nitrogen and oxygen atoms in total. The van der Waals surface area contributed by atoms with Crippen LogP contribution in [0.25, 0.3) is 0 Å². The molecule has 0 saturated carbocycles. The highest BCUT2D eigenvalue weighted by Gasteiger charge is 2.36. The summed E-state index contributed by atoms with van der Waals surface area (Å²) in [6.45, 7) is 7.29. The number of carbonyl (C=O) groups excluding carboxylic acids is 1. The number of β-amino-alcohol motifs (C(OH)–C–C–N with tert-alkyl or cyclic N) is 1. The number of piperazine rings is 1. The molecule has 3 rings (SSSR count). The smallest absolute Gasteiger partial charge is 0.222 e. The number of fused-ring (bicyclic) bond motifs is 2. The number of aliphatic hydroxyl groups excluding tert-OH is 1. The van der Waals surface area contributed by atoms with Gasteiger partial charge in [-0.15, -0.1) is 24.8 Å². The van der Waals surface area contributed by atoms with Crippen LogP contribution in [0.3, 0.4) is 0 Å². The van der Waals surface area contributed by atoms with Gasteiger partial charge in [-0.2, -0.15) is 0 Å². The largest absolute Gasteiger partial charge is 0.392 e. The zero-order chi connectivity index (χ0) is 16.4. The van der Waals surface area contributed by atoms with Gasteiger partial charge in [-0.1, -0.05) is 6.92 Å². The molecule has 4 atom stereocenters. The van der Waals surface area contributed by atoms with E-state index in [9.17, 15) is 9.90 Å². The number of nitrogens with one attached hydrogen (secondary N) is 1. The van der Waals surface area contributed by atoms with Crippen molar-refractivity contribution in [3.63, 3.8) is 0 Å². The van der Waals surface area contributed by atoms with Crippen LogP contribution in [0.5, 0.6) is 0 Å². The molecule has 1 amide bonds. The van der Waals surface area contributed by atoms with E-state index in [0.29, 0.717) is 30.0 Å². The maximum atomic E-state index is 12.7. The molecule has 4 unspecified atom stereocenters. The van der Waals surface area contributed by atoms with E-state index < -0.39 is 0 Å². The molecule has 0 radical (unpaired) electrons. The zero-order valence-corrected chi connectivity index (χ0v) is 17.2. The number of hydrogen-bond acceptors (Lipinski definition) is 4. The van der Waals surface area contributed by atoms with E-state index in [0.717, 1.165) is 39.0 Å². The van der Waals surface area contributed by atoms with Gasteiger partial charge < -0.3 is 15.3 Å². The second kappa shape index (κ2) is 10.3. The van der Waals surface area contributed by atoms with Crippen molar-refractivity contribution in [2.45, 2.75) is 76.6 Å². The SMILES string of the molecule is CCC1CN(C(=O)CC2CC3CCC(C2)N3)CCN1CC(C)O.Cl.Cl. The van der Waals surface area contributed by atoms with Crippen molar-refractivity contribution < 1.29 is 9.90 Å². The molecule has 0 aromatic rings. The number of nitrogens with zero attached hydrogens (tertiary/aromatic N) is 2. The molecule has 0 aliphatic carbocycles. The van der Waals surface area contributed by atoms with E-state index >= 15 is 0 Å². The molecule has 3 aliphatic heterocycles. The summed E-state index contributed by atoms with van der Waals surface area (Å²) in [6, 6.07) is 1.72. The summed E-state index contributed by atoms with van der Waals surface area (Å²) in [7, 11) is 0. The first kappa shape index (κ1) is 23.0. The number of piperidine rings is 1. The van der Waals surface area contributed by atoms with Gasteiger partial charge in [0.25, 0.3) is 0 Å². The minimum Gasteiger partial charge on any atom is -0.392 e. The lowest BCUT2D eigenvalue weighted by Crippen LogP contribution is -2.56. The van der Waals surface area contributed by atoms with Gasteiger partial charge in [0.05, 0.1) is 6.10 Å². The Labute approximate surface area is 164 Å². The van der Waals surface area contributed by atoms with Crippen LogP contribution in [0.1, 0.15) is 52.4 Å². The third-order valence-corrected chi connectivity index (χ3v) is 5.96. The first-order valence-corrected chi connectivity index (χ1v) is 9.51. The lowest BCUT2D eigenvalue weighted by Gasteiger charge is -2.42. The lowest BCUT2D eigenvalue weighted by molar-refractivity contribution is -0.135. The fourth-order valence-corrected chi connectivity index (χ4v) is 4.80. The molecule has 3 saturated heterocycles. The molecule has 3 fully saturated rings. The van der Waals surface area contributed by atoms with Crippen LogP contribution < -0.4 is 5.32 Å². The highest BCUT2D eigenvalue weighted by molar-refractivity contribution is 5.85. The third-order valence-electron chi connectivity index (χ3n) is 5.96. The summed E-state index contributed by atoms with van der Waals surface area (Å²) < 4.78 is 0. The van der Waals surface area contributed by atoms with E-state index in [4.69, 9.17) is 0 Å². The quantitative estimate of drug-likeness (QED) is 0.747. The van der Waals surface area contributed by atoms with Gasteiger partial charge in [-0.25, -0.2) is 0 Å². The normalized spacial score (nSPS) is 33.3. The molecular weight excluding hydrogens is 361 g/mol. The van der Waals surface area contributed by atoms with Crippen molar-refractivity contribution in [2.24, 2.45) is 5.92 Å². The Balaban J connectivity index is 0.00000156. The van der Waals surface area contributed by atoms with E-state index in [1.807, 2.05) is 6.92 Å². The predicted molar refractivity (Wildman–Crippen MR) is 106 cm³/mol. The monoisotopic (exact) mass is 395 g/mol. The summed E-state index contributed by atoms with van der Waals surface area (Å²) in [5, 5.41) is 13.3. The molecule has 148 valence electrons. The highest BCUT2D eigenvalue weighted by Crippen LogP contribution is 2.33. The fraction of sp³-hybridized carbons (Fsp3) is 0.944. The zero-order valence-electron chi connectivity index (χ0n) is 15.5. The van der Waals surface area contributed by atoms with Crippen molar-refractivity contribution >= 4 is 30.7 Å². The number of aliphatic hydroxyl groups is 1. The van der Waals surface area contributed by atoms with Gasteiger partial charge in [0, 0.05) is 50.7 Å². The Hall–Kier alpha value is -0.0700. The van der Waals surface area contributed by atoms with Crippen LogP contribution >= 0.6 is 24.8 Å². The van der Waals surface area contributed by atoms with Crippen molar-refractivity contribution in [2.75, 3.05) is 26.2 Å². The number of hydrogen-bond donors (Lipinski definition) is 2. The average molecular weight is 396 g/mol. The van der Waals surface area contributed by atoms with Crippen molar-refractivity contribution in [3.8, 4) is 0 Å². The summed E-state index contributed by atoms with van der Waals surface area (Å²) in [5.74, 6) is 0.934. The minimum absolute atomic E-state index is 0. The van der Waals surface area contributed by atoms with Crippen LogP contribution in [-0.2, 0) is 4.79 Å². The molecule has 7 heteroatoms. The number of rotatable bonds is 5. The van der Waals surface area contributed by atoms with Crippen molar-refractivity contribution in [3.05, 3.63) is 0 Å².